The first-order valence-corrected chi connectivity index (χ1v) is 7.11. The van der Waals surface area contributed by atoms with E-state index in [1.165, 1.54) is 17.8 Å². The van der Waals surface area contributed by atoms with Gasteiger partial charge in [-0.25, -0.2) is 0 Å². The predicted molar refractivity (Wildman–Crippen MR) is 71.9 cm³/mol. The van der Waals surface area contributed by atoms with Gasteiger partial charge in [0.15, 0.2) is 0 Å². The highest BCUT2D eigenvalue weighted by Gasteiger charge is 2.30. The number of halogens is 3. The Hall–Kier alpha value is -1.21. The number of aliphatic carboxylic acids is 1. The second-order valence-corrected chi connectivity index (χ2v) is 5.29. The fraction of sp³-hybridized carbons (Fsp3) is 0.462. The van der Waals surface area contributed by atoms with E-state index in [1.54, 1.807) is 6.07 Å². The Bertz CT molecular complexity index is 438. The van der Waals surface area contributed by atoms with Crippen molar-refractivity contribution in [1.29, 1.82) is 0 Å². The minimum Gasteiger partial charge on any atom is -0.481 e. The smallest absolute Gasteiger partial charge is 0.416 e. The van der Waals surface area contributed by atoms with Gasteiger partial charge in [-0.2, -0.15) is 13.2 Å². The van der Waals surface area contributed by atoms with Gasteiger partial charge in [0, 0.05) is 23.6 Å². The van der Waals surface area contributed by atoms with E-state index in [0.717, 1.165) is 12.1 Å². The maximum absolute atomic E-state index is 12.5. The Morgan fingerprint density at radius 1 is 1.30 bits per heavy atom. The quantitative estimate of drug-likeness (QED) is 0.572. The summed E-state index contributed by atoms with van der Waals surface area (Å²) < 4.78 is 37.5. The fourth-order valence-corrected chi connectivity index (χ4v) is 2.36. The molecule has 1 aromatic rings. The molecule has 1 rings (SSSR count). The lowest BCUT2D eigenvalue weighted by molar-refractivity contribution is -0.138. The number of alkyl halides is 3. The normalized spacial score (nSPS) is 11.6. The van der Waals surface area contributed by atoms with Gasteiger partial charge < -0.3 is 10.4 Å². The first-order valence-electron chi connectivity index (χ1n) is 6.12. The van der Waals surface area contributed by atoms with Crippen LogP contribution in [-0.2, 0) is 11.0 Å². The predicted octanol–water partition coefficient (Wildman–Crippen LogP) is 3.25. The average molecular weight is 307 g/mol. The van der Waals surface area contributed by atoms with Gasteiger partial charge in [0.2, 0.25) is 0 Å². The molecule has 0 bridgehead atoms. The maximum Gasteiger partial charge on any atom is 0.416 e. The Kier molecular flexibility index (Phi) is 6.87. The highest BCUT2D eigenvalue weighted by molar-refractivity contribution is 7.99. The Labute approximate surface area is 119 Å². The molecule has 3 nitrogen and oxygen atoms in total. The molecule has 0 fully saturated rings. The van der Waals surface area contributed by atoms with Gasteiger partial charge in [-0.05, 0) is 31.2 Å². The molecule has 0 heterocycles. The van der Waals surface area contributed by atoms with Crippen molar-refractivity contribution in [2.75, 3.05) is 18.8 Å². The van der Waals surface area contributed by atoms with Crippen LogP contribution >= 0.6 is 11.8 Å². The molecule has 112 valence electrons. The number of carboxylic acid groups (broad SMARTS) is 1. The first-order chi connectivity index (χ1) is 9.39. The summed E-state index contributed by atoms with van der Waals surface area (Å²) in [6.07, 6.45) is -3.65. The third kappa shape index (κ3) is 6.81. The highest BCUT2D eigenvalue weighted by atomic mass is 32.2. The summed E-state index contributed by atoms with van der Waals surface area (Å²) in [6, 6.07) is 5.22. The second-order valence-electron chi connectivity index (χ2n) is 4.12. The molecule has 20 heavy (non-hydrogen) atoms. The lowest BCUT2D eigenvalue weighted by atomic mass is 10.2. The molecule has 0 aliphatic carbocycles. The molecule has 0 amide bonds. The molecule has 0 unspecified atom stereocenters. The molecular formula is C13H16F3NO2S. The number of rotatable bonds is 8. The van der Waals surface area contributed by atoms with Crippen molar-refractivity contribution in [3.05, 3.63) is 29.8 Å². The zero-order valence-electron chi connectivity index (χ0n) is 10.7. The van der Waals surface area contributed by atoms with E-state index >= 15 is 0 Å². The molecule has 0 aliphatic rings. The van der Waals surface area contributed by atoms with Crippen LogP contribution in [0.5, 0.6) is 0 Å². The molecule has 7 heteroatoms. The number of hydrogen-bond acceptors (Lipinski definition) is 3. The van der Waals surface area contributed by atoms with Gasteiger partial charge in [0.1, 0.15) is 0 Å². The molecule has 0 aliphatic heterocycles. The largest absolute Gasteiger partial charge is 0.481 e. The number of carboxylic acids is 1. The molecule has 2 N–H and O–H groups in total. The Morgan fingerprint density at radius 3 is 2.70 bits per heavy atom. The van der Waals surface area contributed by atoms with E-state index in [4.69, 9.17) is 5.11 Å². The monoisotopic (exact) mass is 307 g/mol. The molecule has 0 spiro atoms. The number of carbonyl (C=O) groups is 1. The van der Waals surface area contributed by atoms with Crippen LogP contribution in [0.2, 0.25) is 0 Å². The van der Waals surface area contributed by atoms with Crippen molar-refractivity contribution >= 4 is 17.7 Å². The second kappa shape index (κ2) is 8.16. The number of thioether (sulfide) groups is 1. The van der Waals surface area contributed by atoms with E-state index in [9.17, 15) is 18.0 Å². The fourth-order valence-electron chi connectivity index (χ4n) is 1.49. The SMILES string of the molecule is O=C(O)CCCNCCSc1cccc(C(F)(F)F)c1. The Morgan fingerprint density at radius 2 is 2.05 bits per heavy atom. The lowest BCUT2D eigenvalue weighted by Gasteiger charge is -2.08. The average Bonchev–Trinajstić information content (AvgIpc) is 2.36. The number of hydrogen-bond donors (Lipinski definition) is 2. The third-order valence-corrected chi connectivity index (χ3v) is 3.45. The molecule has 0 atom stereocenters. The van der Waals surface area contributed by atoms with E-state index in [2.05, 4.69) is 5.32 Å². The highest BCUT2D eigenvalue weighted by Crippen LogP contribution is 2.31. The van der Waals surface area contributed by atoms with E-state index in [1.807, 2.05) is 0 Å². The van der Waals surface area contributed by atoms with Crippen molar-refractivity contribution in [2.45, 2.75) is 23.9 Å². The summed E-state index contributed by atoms with van der Waals surface area (Å²) >= 11 is 1.34. The van der Waals surface area contributed by atoms with Crippen LogP contribution in [0.4, 0.5) is 13.2 Å². The summed E-state index contributed by atoms with van der Waals surface area (Å²) in [5.41, 5.74) is -0.642. The van der Waals surface area contributed by atoms with Gasteiger partial charge in [0.25, 0.3) is 0 Å². The standard InChI is InChI=1S/C13H16F3NO2S/c14-13(15,16)10-3-1-4-11(9-10)20-8-7-17-6-2-5-12(18)19/h1,3-4,9,17H,2,5-8H2,(H,18,19). The molecule has 0 saturated heterocycles. The topological polar surface area (TPSA) is 49.3 Å². The summed E-state index contributed by atoms with van der Waals surface area (Å²) in [5.74, 6) is -0.195. The lowest BCUT2D eigenvalue weighted by Crippen LogP contribution is -2.19. The van der Waals surface area contributed by atoms with Crippen LogP contribution < -0.4 is 5.32 Å². The van der Waals surface area contributed by atoms with E-state index < -0.39 is 17.7 Å². The summed E-state index contributed by atoms with van der Waals surface area (Å²) in [4.78, 5) is 10.8. The third-order valence-electron chi connectivity index (χ3n) is 2.45. The van der Waals surface area contributed by atoms with Crippen molar-refractivity contribution in [3.8, 4) is 0 Å². The molecular weight excluding hydrogens is 291 g/mol. The van der Waals surface area contributed by atoms with E-state index in [0.29, 0.717) is 30.2 Å². The van der Waals surface area contributed by atoms with Crippen LogP contribution in [0.3, 0.4) is 0 Å². The van der Waals surface area contributed by atoms with Crippen LogP contribution in [0.25, 0.3) is 0 Å². The number of benzene rings is 1. The minimum atomic E-state index is -4.31. The molecule has 1 aromatic carbocycles. The van der Waals surface area contributed by atoms with Gasteiger partial charge in [-0.3, -0.25) is 4.79 Å². The van der Waals surface area contributed by atoms with Gasteiger partial charge in [0.05, 0.1) is 5.56 Å². The molecule has 0 aromatic heterocycles. The van der Waals surface area contributed by atoms with Gasteiger partial charge in [-0.1, -0.05) is 6.07 Å². The Balaban J connectivity index is 2.24. The van der Waals surface area contributed by atoms with Crippen molar-refractivity contribution in [2.24, 2.45) is 0 Å². The molecule has 0 radical (unpaired) electrons. The van der Waals surface area contributed by atoms with Crippen LogP contribution in [-0.4, -0.2) is 29.9 Å². The van der Waals surface area contributed by atoms with Gasteiger partial charge in [-0.15, -0.1) is 11.8 Å². The summed E-state index contributed by atoms with van der Waals surface area (Å²) in [6.45, 7) is 1.22. The summed E-state index contributed by atoms with van der Waals surface area (Å²) in [5, 5.41) is 11.5. The van der Waals surface area contributed by atoms with Crippen LogP contribution in [0.15, 0.2) is 29.2 Å². The maximum atomic E-state index is 12.5. The van der Waals surface area contributed by atoms with Crippen LogP contribution in [0, 0.1) is 0 Å². The van der Waals surface area contributed by atoms with Crippen LogP contribution in [0.1, 0.15) is 18.4 Å². The number of nitrogens with one attached hydrogen (secondary N) is 1. The zero-order chi connectivity index (χ0) is 15.0. The van der Waals surface area contributed by atoms with Crippen molar-refractivity contribution in [3.63, 3.8) is 0 Å². The first kappa shape index (κ1) is 16.8. The van der Waals surface area contributed by atoms with Gasteiger partial charge >= 0.3 is 12.1 Å². The minimum absolute atomic E-state index is 0.119. The van der Waals surface area contributed by atoms with Crippen molar-refractivity contribution in [1.82, 2.24) is 5.32 Å². The van der Waals surface area contributed by atoms with E-state index in [-0.39, 0.29) is 6.42 Å². The van der Waals surface area contributed by atoms with Crippen molar-refractivity contribution < 1.29 is 23.1 Å². The summed E-state index contributed by atoms with van der Waals surface area (Å²) in [7, 11) is 0. The molecule has 0 saturated carbocycles. The zero-order valence-corrected chi connectivity index (χ0v) is 11.6.